The van der Waals surface area contributed by atoms with Crippen LogP contribution in [0.4, 0.5) is 5.82 Å². The van der Waals surface area contributed by atoms with Crippen molar-refractivity contribution in [2.24, 2.45) is 5.92 Å². The summed E-state index contributed by atoms with van der Waals surface area (Å²) in [6, 6.07) is 0.491. The Hall–Kier alpha value is -1.20. The third-order valence-corrected chi connectivity index (χ3v) is 4.49. The summed E-state index contributed by atoms with van der Waals surface area (Å²) in [5.74, 6) is 1.65. The molecule has 110 valence electrons. The first kappa shape index (κ1) is 13.8. The molecular weight excluding hydrogens is 252 g/mol. The number of hydrogen-bond donors (Lipinski definition) is 2. The summed E-state index contributed by atoms with van der Waals surface area (Å²) in [5.41, 5.74) is 2.51. The van der Waals surface area contributed by atoms with Crippen LogP contribution in [0.2, 0.25) is 0 Å². The Morgan fingerprint density at radius 1 is 1.30 bits per heavy atom. The van der Waals surface area contributed by atoms with Crippen molar-refractivity contribution in [3.8, 4) is 0 Å². The number of methoxy groups -OCH3 is 1. The molecule has 2 heterocycles. The van der Waals surface area contributed by atoms with E-state index in [4.69, 9.17) is 4.74 Å². The molecule has 0 spiro atoms. The first-order valence-corrected chi connectivity index (χ1v) is 7.67. The van der Waals surface area contributed by atoms with Gasteiger partial charge in [0.15, 0.2) is 0 Å². The Balaban J connectivity index is 1.77. The molecular formula is C15H24N4O. The molecule has 2 atom stereocenters. The van der Waals surface area contributed by atoms with Gasteiger partial charge in [0.1, 0.15) is 12.1 Å². The van der Waals surface area contributed by atoms with Crippen LogP contribution in [-0.2, 0) is 17.6 Å². The van der Waals surface area contributed by atoms with Crippen molar-refractivity contribution < 1.29 is 4.74 Å². The van der Waals surface area contributed by atoms with Crippen LogP contribution in [0.15, 0.2) is 6.33 Å². The molecule has 1 fully saturated rings. The number of aromatic nitrogens is 2. The highest BCUT2D eigenvalue weighted by molar-refractivity contribution is 5.47. The Bertz CT molecular complexity index is 451. The maximum atomic E-state index is 5.34. The molecule has 0 amide bonds. The van der Waals surface area contributed by atoms with Gasteiger partial charge in [-0.3, -0.25) is 0 Å². The third-order valence-electron chi connectivity index (χ3n) is 4.49. The second-order valence-corrected chi connectivity index (χ2v) is 5.79. The average Bonchev–Trinajstić information content (AvgIpc) is 2.75. The summed E-state index contributed by atoms with van der Waals surface area (Å²) in [6.45, 7) is 2.87. The molecule has 0 unspecified atom stereocenters. The topological polar surface area (TPSA) is 59.1 Å². The van der Waals surface area contributed by atoms with Crippen molar-refractivity contribution in [2.45, 2.75) is 38.1 Å². The lowest BCUT2D eigenvalue weighted by atomic mass is 10.0. The fraction of sp³-hybridized carbons (Fsp3) is 0.733. The van der Waals surface area contributed by atoms with Gasteiger partial charge in [-0.05, 0) is 25.8 Å². The highest BCUT2D eigenvalue weighted by Gasteiger charge is 2.28. The van der Waals surface area contributed by atoms with E-state index >= 15 is 0 Å². The summed E-state index contributed by atoms with van der Waals surface area (Å²) in [6.07, 6.45) is 7.46. The molecule has 2 aliphatic rings. The molecule has 5 nitrogen and oxygen atoms in total. The van der Waals surface area contributed by atoms with E-state index in [1.54, 1.807) is 13.4 Å². The van der Waals surface area contributed by atoms with Crippen LogP contribution in [0.1, 0.15) is 30.5 Å². The molecule has 0 saturated heterocycles. The second kappa shape index (κ2) is 6.50. The van der Waals surface area contributed by atoms with Crippen LogP contribution in [-0.4, -0.2) is 42.8 Å². The molecule has 1 aliphatic carbocycles. The van der Waals surface area contributed by atoms with Gasteiger partial charge >= 0.3 is 0 Å². The van der Waals surface area contributed by atoms with E-state index in [1.807, 2.05) is 0 Å². The molecule has 2 N–H and O–H groups in total. The Morgan fingerprint density at radius 2 is 2.20 bits per heavy atom. The van der Waals surface area contributed by atoms with Gasteiger partial charge in [-0.25, -0.2) is 9.97 Å². The minimum atomic E-state index is 0.491. The van der Waals surface area contributed by atoms with Gasteiger partial charge in [0, 0.05) is 37.6 Å². The number of nitrogens with one attached hydrogen (secondary N) is 2. The lowest BCUT2D eigenvalue weighted by Gasteiger charge is -2.22. The quantitative estimate of drug-likeness (QED) is 0.870. The second-order valence-electron chi connectivity index (χ2n) is 5.79. The molecule has 0 aromatic carbocycles. The third kappa shape index (κ3) is 2.94. The number of fused-ring (bicyclic) bond motifs is 1. The summed E-state index contributed by atoms with van der Waals surface area (Å²) in [5, 5.41) is 7.10. The van der Waals surface area contributed by atoms with Crippen LogP contribution >= 0.6 is 0 Å². The van der Waals surface area contributed by atoms with Crippen LogP contribution in [0.5, 0.6) is 0 Å². The van der Waals surface area contributed by atoms with E-state index in [-0.39, 0.29) is 0 Å². The van der Waals surface area contributed by atoms with Crippen molar-refractivity contribution in [3.05, 3.63) is 17.6 Å². The Labute approximate surface area is 120 Å². The van der Waals surface area contributed by atoms with Gasteiger partial charge in [0.25, 0.3) is 0 Å². The van der Waals surface area contributed by atoms with Gasteiger partial charge in [-0.15, -0.1) is 0 Å². The zero-order valence-electron chi connectivity index (χ0n) is 12.2. The number of nitrogens with zero attached hydrogens (tertiary/aromatic N) is 2. The highest BCUT2D eigenvalue weighted by atomic mass is 16.5. The SMILES string of the molecule is COC[C@H]1CCC[C@H]1Nc1ncnc2c1CCNCC2. The monoisotopic (exact) mass is 276 g/mol. The maximum absolute atomic E-state index is 5.34. The smallest absolute Gasteiger partial charge is 0.133 e. The maximum Gasteiger partial charge on any atom is 0.133 e. The lowest BCUT2D eigenvalue weighted by molar-refractivity contribution is 0.150. The predicted octanol–water partition coefficient (Wildman–Crippen LogP) is 1.39. The van der Waals surface area contributed by atoms with E-state index < -0.39 is 0 Å². The van der Waals surface area contributed by atoms with Crippen LogP contribution < -0.4 is 10.6 Å². The molecule has 20 heavy (non-hydrogen) atoms. The molecule has 5 heteroatoms. The first-order chi connectivity index (χ1) is 9.88. The minimum absolute atomic E-state index is 0.491. The molecule has 1 aromatic rings. The van der Waals surface area contributed by atoms with Gasteiger partial charge in [-0.2, -0.15) is 0 Å². The number of hydrogen-bond acceptors (Lipinski definition) is 5. The fourth-order valence-corrected chi connectivity index (χ4v) is 3.41. The summed E-state index contributed by atoms with van der Waals surface area (Å²) in [7, 11) is 1.79. The Kier molecular flexibility index (Phi) is 4.47. The first-order valence-electron chi connectivity index (χ1n) is 7.67. The van der Waals surface area contributed by atoms with Crippen LogP contribution in [0.3, 0.4) is 0 Å². The van der Waals surface area contributed by atoms with Crippen molar-refractivity contribution in [3.63, 3.8) is 0 Å². The standard InChI is InChI=1S/C15H24N4O/c1-20-9-11-3-2-4-13(11)19-15-12-5-7-16-8-6-14(12)17-10-18-15/h10-11,13,16H,2-9H2,1H3,(H,17,18,19)/t11-,13-/m1/s1. The van der Waals surface area contributed by atoms with E-state index in [2.05, 4.69) is 20.6 Å². The minimum Gasteiger partial charge on any atom is -0.384 e. The molecule has 1 aromatic heterocycles. The normalized spacial score (nSPS) is 26.1. The lowest BCUT2D eigenvalue weighted by Crippen LogP contribution is -2.28. The van der Waals surface area contributed by atoms with Gasteiger partial charge in [0.2, 0.25) is 0 Å². The van der Waals surface area contributed by atoms with E-state index in [0.29, 0.717) is 12.0 Å². The molecule has 1 saturated carbocycles. The number of anilines is 1. The molecule has 0 bridgehead atoms. The molecule has 1 aliphatic heterocycles. The Morgan fingerprint density at radius 3 is 3.10 bits per heavy atom. The fourth-order valence-electron chi connectivity index (χ4n) is 3.41. The van der Waals surface area contributed by atoms with Crippen LogP contribution in [0.25, 0.3) is 0 Å². The van der Waals surface area contributed by atoms with E-state index in [1.165, 1.54) is 30.5 Å². The van der Waals surface area contributed by atoms with Crippen LogP contribution in [0, 0.1) is 5.92 Å². The van der Waals surface area contributed by atoms with Crippen molar-refractivity contribution >= 4 is 5.82 Å². The summed E-state index contributed by atoms with van der Waals surface area (Å²) < 4.78 is 5.34. The summed E-state index contributed by atoms with van der Waals surface area (Å²) in [4.78, 5) is 8.95. The molecule has 0 radical (unpaired) electrons. The van der Waals surface area contributed by atoms with Crippen molar-refractivity contribution in [1.82, 2.24) is 15.3 Å². The van der Waals surface area contributed by atoms with Crippen molar-refractivity contribution in [2.75, 3.05) is 32.1 Å². The predicted molar refractivity (Wildman–Crippen MR) is 78.9 cm³/mol. The van der Waals surface area contributed by atoms with Gasteiger partial charge in [-0.1, -0.05) is 6.42 Å². The average molecular weight is 276 g/mol. The van der Waals surface area contributed by atoms with E-state index in [9.17, 15) is 0 Å². The van der Waals surface area contributed by atoms with Gasteiger partial charge in [0.05, 0.1) is 12.3 Å². The largest absolute Gasteiger partial charge is 0.384 e. The highest BCUT2D eigenvalue weighted by Crippen LogP contribution is 2.30. The molecule has 3 rings (SSSR count). The summed E-state index contributed by atoms with van der Waals surface area (Å²) >= 11 is 0. The van der Waals surface area contributed by atoms with E-state index in [0.717, 1.165) is 38.4 Å². The van der Waals surface area contributed by atoms with Gasteiger partial charge < -0.3 is 15.4 Å². The zero-order chi connectivity index (χ0) is 13.8. The van der Waals surface area contributed by atoms with Crippen molar-refractivity contribution in [1.29, 1.82) is 0 Å². The zero-order valence-corrected chi connectivity index (χ0v) is 12.2. The number of ether oxygens (including phenoxy) is 1. The number of rotatable bonds is 4.